The summed E-state index contributed by atoms with van der Waals surface area (Å²) in [6.45, 7) is 1.83. The van der Waals surface area contributed by atoms with Gasteiger partial charge in [-0.15, -0.1) is 0 Å². The largest absolute Gasteiger partial charge is 0.493 e. The molecule has 0 unspecified atom stereocenters. The molecule has 0 fully saturated rings. The van der Waals surface area contributed by atoms with Crippen LogP contribution in [0.25, 0.3) is 0 Å². The van der Waals surface area contributed by atoms with E-state index in [0.29, 0.717) is 0 Å². The SMILES string of the molecule is SCNCCc1ccc2c(c1)CCO2. The van der Waals surface area contributed by atoms with E-state index in [1.807, 2.05) is 0 Å². The number of ether oxygens (including phenoxy) is 1. The quantitative estimate of drug-likeness (QED) is 0.447. The van der Waals surface area contributed by atoms with Crippen LogP contribution in [0.15, 0.2) is 18.2 Å². The van der Waals surface area contributed by atoms with Gasteiger partial charge in [0.1, 0.15) is 5.75 Å². The maximum Gasteiger partial charge on any atom is 0.122 e. The fraction of sp³-hybridized carbons (Fsp3) is 0.455. The number of hydrogen-bond acceptors (Lipinski definition) is 3. The Morgan fingerprint density at radius 1 is 1.43 bits per heavy atom. The van der Waals surface area contributed by atoms with E-state index in [0.717, 1.165) is 37.6 Å². The molecule has 0 amide bonds. The third kappa shape index (κ3) is 2.22. The third-order valence-corrected chi connectivity index (χ3v) is 2.68. The van der Waals surface area contributed by atoms with E-state index in [2.05, 4.69) is 36.1 Å². The van der Waals surface area contributed by atoms with Crippen LogP contribution >= 0.6 is 12.6 Å². The second kappa shape index (κ2) is 4.71. The van der Waals surface area contributed by atoms with Crippen LogP contribution in [-0.2, 0) is 12.8 Å². The Labute approximate surface area is 90.1 Å². The molecule has 1 aromatic carbocycles. The van der Waals surface area contributed by atoms with Crippen molar-refractivity contribution in [3.8, 4) is 5.75 Å². The number of thiol groups is 1. The van der Waals surface area contributed by atoms with Gasteiger partial charge in [-0.1, -0.05) is 12.1 Å². The summed E-state index contributed by atoms with van der Waals surface area (Å²) in [6.07, 6.45) is 2.12. The Morgan fingerprint density at radius 3 is 3.21 bits per heavy atom. The maximum atomic E-state index is 5.45. The summed E-state index contributed by atoms with van der Waals surface area (Å²) in [6, 6.07) is 6.48. The zero-order chi connectivity index (χ0) is 9.80. The number of hydrogen-bond donors (Lipinski definition) is 2. The van der Waals surface area contributed by atoms with Gasteiger partial charge in [0.25, 0.3) is 0 Å². The highest BCUT2D eigenvalue weighted by Crippen LogP contribution is 2.25. The minimum absolute atomic E-state index is 0.744. The average Bonchev–Trinajstić information content (AvgIpc) is 2.65. The lowest BCUT2D eigenvalue weighted by Crippen LogP contribution is -2.14. The predicted molar refractivity (Wildman–Crippen MR) is 61.2 cm³/mol. The van der Waals surface area contributed by atoms with Crippen LogP contribution < -0.4 is 10.1 Å². The summed E-state index contributed by atoms with van der Waals surface area (Å²) < 4.78 is 5.45. The van der Waals surface area contributed by atoms with Crippen LogP contribution in [0, 0.1) is 0 Å². The molecule has 0 atom stereocenters. The molecule has 2 rings (SSSR count). The average molecular weight is 209 g/mol. The summed E-state index contributed by atoms with van der Waals surface area (Å²) in [5.41, 5.74) is 2.73. The lowest BCUT2D eigenvalue weighted by Gasteiger charge is -2.04. The van der Waals surface area contributed by atoms with E-state index in [4.69, 9.17) is 4.74 Å². The van der Waals surface area contributed by atoms with Crippen molar-refractivity contribution in [1.29, 1.82) is 0 Å². The highest BCUT2D eigenvalue weighted by Gasteiger charge is 2.11. The third-order valence-electron chi connectivity index (χ3n) is 2.46. The normalized spacial score (nSPS) is 13.8. The molecule has 0 bridgehead atoms. The minimum atomic E-state index is 0.744. The first-order valence-corrected chi connectivity index (χ1v) is 5.59. The molecule has 0 aromatic heterocycles. The van der Waals surface area contributed by atoms with E-state index >= 15 is 0 Å². The number of benzene rings is 1. The van der Waals surface area contributed by atoms with E-state index < -0.39 is 0 Å². The zero-order valence-electron chi connectivity index (χ0n) is 8.12. The lowest BCUT2D eigenvalue weighted by molar-refractivity contribution is 0.357. The topological polar surface area (TPSA) is 21.3 Å². The van der Waals surface area contributed by atoms with Crippen molar-refractivity contribution in [1.82, 2.24) is 5.32 Å². The predicted octanol–water partition coefficient (Wildman–Crippen LogP) is 1.64. The zero-order valence-corrected chi connectivity index (χ0v) is 9.02. The Kier molecular flexibility index (Phi) is 3.32. The van der Waals surface area contributed by atoms with Gasteiger partial charge in [-0.2, -0.15) is 12.6 Å². The van der Waals surface area contributed by atoms with Crippen molar-refractivity contribution in [2.24, 2.45) is 0 Å². The highest BCUT2D eigenvalue weighted by atomic mass is 32.1. The van der Waals surface area contributed by atoms with Crippen molar-refractivity contribution in [2.75, 3.05) is 19.0 Å². The van der Waals surface area contributed by atoms with Crippen molar-refractivity contribution in [3.63, 3.8) is 0 Å². The molecule has 0 spiro atoms. The van der Waals surface area contributed by atoms with Gasteiger partial charge in [-0.25, -0.2) is 0 Å². The number of nitrogens with one attached hydrogen (secondary N) is 1. The van der Waals surface area contributed by atoms with Crippen LogP contribution in [0.1, 0.15) is 11.1 Å². The summed E-state index contributed by atoms with van der Waals surface area (Å²) in [5.74, 6) is 1.81. The first-order chi connectivity index (χ1) is 6.90. The summed E-state index contributed by atoms with van der Waals surface area (Å²) in [5, 5.41) is 3.20. The molecule has 0 saturated heterocycles. The van der Waals surface area contributed by atoms with E-state index in [1.54, 1.807) is 0 Å². The van der Waals surface area contributed by atoms with E-state index in [-0.39, 0.29) is 0 Å². The molecule has 1 N–H and O–H groups in total. The molecule has 2 nitrogen and oxygen atoms in total. The molecular formula is C11H15NOS. The Bertz CT molecular complexity index is 314. The monoisotopic (exact) mass is 209 g/mol. The smallest absolute Gasteiger partial charge is 0.122 e. The molecule has 14 heavy (non-hydrogen) atoms. The van der Waals surface area contributed by atoms with Crippen molar-refractivity contribution in [3.05, 3.63) is 29.3 Å². The summed E-state index contributed by atoms with van der Waals surface area (Å²) >= 11 is 4.10. The van der Waals surface area contributed by atoms with Gasteiger partial charge in [0, 0.05) is 12.3 Å². The summed E-state index contributed by atoms with van der Waals surface area (Å²) in [4.78, 5) is 0. The molecule has 0 saturated carbocycles. The van der Waals surface area contributed by atoms with Gasteiger partial charge in [-0.3, -0.25) is 0 Å². The van der Waals surface area contributed by atoms with Crippen LogP contribution in [0.3, 0.4) is 0 Å². The van der Waals surface area contributed by atoms with Crippen LogP contribution in [0.2, 0.25) is 0 Å². The van der Waals surface area contributed by atoms with Crippen molar-refractivity contribution < 1.29 is 4.74 Å². The molecule has 0 aliphatic carbocycles. The van der Waals surface area contributed by atoms with Crippen LogP contribution in [0.5, 0.6) is 5.75 Å². The van der Waals surface area contributed by atoms with Crippen LogP contribution in [0.4, 0.5) is 0 Å². The van der Waals surface area contributed by atoms with Gasteiger partial charge >= 0.3 is 0 Å². The Balaban J connectivity index is 1.98. The Morgan fingerprint density at radius 2 is 2.36 bits per heavy atom. The molecule has 0 radical (unpaired) electrons. The molecule has 1 aromatic rings. The minimum Gasteiger partial charge on any atom is -0.493 e. The van der Waals surface area contributed by atoms with Gasteiger partial charge < -0.3 is 10.1 Å². The first-order valence-electron chi connectivity index (χ1n) is 4.96. The highest BCUT2D eigenvalue weighted by molar-refractivity contribution is 7.80. The molecular weight excluding hydrogens is 194 g/mol. The fourth-order valence-electron chi connectivity index (χ4n) is 1.71. The second-order valence-electron chi connectivity index (χ2n) is 3.45. The molecule has 3 heteroatoms. The summed E-state index contributed by atoms with van der Waals surface area (Å²) in [7, 11) is 0. The fourth-order valence-corrected chi connectivity index (χ4v) is 1.87. The lowest BCUT2D eigenvalue weighted by atomic mass is 10.1. The molecule has 1 aliphatic rings. The van der Waals surface area contributed by atoms with Crippen LogP contribution in [-0.4, -0.2) is 19.0 Å². The van der Waals surface area contributed by atoms with Gasteiger partial charge in [0.2, 0.25) is 0 Å². The van der Waals surface area contributed by atoms with Crippen molar-refractivity contribution >= 4 is 12.6 Å². The Hall–Kier alpha value is -0.670. The molecule has 1 aliphatic heterocycles. The van der Waals surface area contributed by atoms with E-state index in [9.17, 15) is 0 Å². The number of fused-ring (bicyclic) bond motifs is 1. The maximum absolute atomic E-state index is 5.45. The first kappa shape index (κ1) is 9.87. The van der Waals surface area contributed by atoms with E-state index in [1.165, 1.54) is 11.1 Å². The van der Waals surface area contributed by atoms with Gasteiger partial charge in [0.15, 0.2) is 0 Å². The van der Waals surface area contributed by atoms with Crippen molar-refractivity contribution in [2.45, 2.75) is 12.8 Å². The van der Waals surface area contributed by atoms with Gasteiger partial charge in [0.05, 0.1) is 6.61 Å². The number of rotatable bonds is 4. The standard InChI is InChI=1S/C11H15NOS/c14-8-12-5-3-9-1-2-11-10(7-9)4-6-13-11/h1-2,7,12,14H,3-6,8H2. The second-order valence-corrected chi connectivity index (χ2v) is 3.76. The molecule has 1 heterocycles. The molecule has 76 valence electrons. The van der Waals surface area contributed by atoms with Gasteiger partial charge in [-0.05, 0) is 30.2 Å².